The SMILES string of the molecule is Nc1ccc(-c2cnc(NC(=O)Cc3ccc(F)c(F)c3)c(CC3CCCCC3)n2)cc1. The number of aromatic nitrogens is 2. The van der Waals surface area contributed by atoms with Crippen LogP contribution in [0.5, 0.6) is 0 Å². The number of rotatable bonds is 6. The lowest BCUT2D eigenvalue weighted by Crippen LogP contribution is -2.19. The number of hydrogen-bond acceptors (Lipinski definition) is 4. The van der Waals surface area contributed by atoms with E-state index in [4.69, 9.17) is 10.7 Å². The zero-order chi connectivity index (χ0) is 22.5. The summed E-state index contributed by atoms with van der Waals surface area (Å²) in [6.07, 6.45) is 8.21. The Bertz CT molecular complexity index is 1100. The topological polar surface area (TPSA) is 80.9 Å². The van der Waals surface area contributed by atoms with Crippen molar-refractivity contribution in [3.8, 4) is 11.3 Å². The second kappa shape index (κ2) is 9.85. The fraction of sp³-hybridized carbons (Fsp3) is 0.320. The van der Waals surface area contributed by atoms with Crippen molar-refractivity contribution in [3.63, 3.8) is 0 Å². The van der Waals surface area contributed by atoms with E-state index in [1.165, 1.54) is 25.3 Å². The van der Waals surface area contributed by atoms with Crippen LogP contribution in [0, 0.1) is 17.6 Å². The number of nitrogens with one attached hydrogen (secondary N) is 1. The second-order valence-electron chi connectivity index (χ2n) is 8.35. The van der Waals surface area contributed by atoms with Gasteiger partial charge in [0.1, 0.15) is 0 Å². The van der Waals surface area contributed by atoms with E-state index < -0.39 is 11.6 Å². The van der Waals surface area contributed by atoms with Crippen LogP contribution in [-0.2, 0) is 17.6 Å². The first kappa shape index (κ1) is 21.9. The van der Waals surface area contributed by atoms with Gasteiger partial charge >= 0.3 is 0 Å². The predicted octanol–water partition coefficient (Wildman–Crippen LogP) is 5.31. The first-order chi connectivity index (χ1) is 15.5. The summed E-state index contributed by atoms with van der Waals surface area (Å²) >= 11 is 0. The minimum absolute atomic E-state index is 0.0819. The van der Waals surface area contributed by atoms with Gasteiger partial charge in [-0.1, -0.05) is 50.3 Å². The molecule has 1 heterocycles. The maximum atomic E-state index is 13.5. The molecular weight excluding hydrogens is 410 g/mol. The van der Waals surface area contributed by atoms with E-state index in [-0.39, 0.29) is 12.3 Å². The molecule has 0 spiro atoms. The highest BCUT2D eigenvalue weighted by atomic mass is 19.2. The number of anilines is 2. The first-order valence-corrected chi connectivity index (χ1v) is 10.9. The second-order valence-corrected chi connectivity index (χ2v) is 8.35. The smallest absolute Gasteiger partial charge is 0.229 e. The monoisotopic (exact) mass is 436 g/mol. The molecule has 1 aromatic heterocycles. The number of carbonyl (C=O) groups is 1. The lowest BCUT2D eigenvalue weighted by molar-refractivity contribution is -0.115. The third-order valence-electron chi connectivity index (χ3n) is 5.86. The van der Waals surface area contributed by atoms with Crippen molar-refractivity contribution in [3.05, 3.63) is 71.6 Å². The molecule has 5 nitrogen and oxygen atoms in total. The summed E-state index contributed by atoms with van der Waals surface area (Å²) in [5.74, 6) is -1.34. The Balaban J connectivity index is 1.56. The van der Waals surface area contributed by atoms with Crippen LogP contribution < -0.4 is 11.1 Å². The van der Waals surface area contributed by atoms with Gasteiger partial charge in [-0.05, 0) is 42.2 Å². The van der Waals surface area contributed by atoms with Crippen LogP contribution in [0.1, 0.15) is 43.4 Å². The summed E-state index contributed by atoms with van der Waals surface area (Å²) in [6, 6.07) is 10.9. The minimum Gasteiger partial charge on any atom is -0.399 e. The summed E-state index contributed by atoms with van der Waals surface area (Å²) in [5.41, 5.74) is 9.21. The molecule has 4 rings (SSSR count). The number of carbonyl (C=O) groups excluding carboxylic acids is 1. The van der Waals surface area contributed by atoms with Crippen LogP contribution in [0.4, 0.5) is 20.3 Å². The molecule has 166 valence electrons. The molecule has 3 aromatic rings. The van der Waals surface area contributed by atoms with Crippen LogP contribution in [0.3, 0.4) is 0 Å². The van der Waals surface area contributed by atoms with Gasteiger partial charge in [0.05, 0.1) is 24.0 Å². The number of nitrogens with two attached hydrogens (primary N) is 1. The molecule has 1 aliphatic carbocycles. The number of hydrogen-bond donors (Lipinski definition) is 2. The molecule has 0 radical (unpaired) electrons. The molecule has 0 atom stereocenters. The van der Waals surface area contributed by atoms with E-state index in [1.54, 1.807) is 6.20 Å². The average Bonchev–Trinajstić information content (AvgIpc) is 2.79. The van der Waals surface area contributed by atoms with Crippen LogP contribution >= 0.6 is 0 Å². The summed E-state index contributed by atoms with van der Waals surface area (Å²) < 4.78 is 26.6. The van der Waals surface area contributed by atoms with Crippen molar-refractivity contribution in [2.75, 3.05) is 11.1 Å². The number of nitrogen functional groups attached to an aromatic ring is 1. The van der Waals surface area contributed by atoms with Crippen LogP contribution in [0.2, 0.25) is 0 Å². The molecular formula is C25H26F2N4O. The third kappa shape index (κ3) is 5.46. The maximum Gasteiger partial charge on any atom is 0.229 e. The molecule has 1 fully saturated rings. The molecule has 1 aliphatic rings. The fourth-order valence-electron chi connectivity index (χ4n) is 4.14. The highest BCUT2D eigenvalue weighted by Crippen LogP contribution is 2.29. The van der Waals surface area contributed by atoms with E-state index in [0.29, 0.717) is 23.0 Å². The molecule has 0 aliphatic heterocycles. The van der Waals surface area contributed by atoms with Crippen LogP contribution in [-0.4, -0.2) is 15.9 Å². The Labute approximate surface area is 186 Å². The minimum atomic E-state index is -0.971. The van der Waals surface area contributed by atoms with E-state index in [0.717, 1.165) is 48.3 Å². The molecule has 1 amide bonds. The summed E-state index contributed by atoms with van der Waals surface area (Å²) in [7, 11) is 0. The highest BCUT2D eigenvalue weighted by Gasteiger charge is 2.19. The molecule has 0 saturated heterocycles. The van der Waals surface area contributed by atoms with Crippen molar-refractivity contribution in [1.29, 1.82) is 0 Å². The van der Waals surface area contributed by atoms with Crippen LogP contribution in [0.25, 0.3) is 11.3 Å². The summed E-state index contributed by atoms with van der Waals surface area (Å²) in [6.45, 7) is 0. The average molecular weight is 437 g/mol. The zero-order valence-corrected chi connectivity index (χ0v) is 17.8. The summed E-state index contributed by atoms with van der Waals surface area (Å²) in [4.78, 5) is 21.9. The third-order valence-corrected chi connectivity index (χ3v) is 5.86. The van der Waals surface area contributed by atoms with Gasteiger partial charge in [-0.25, -0.2) is 18.7 Å². The molecule has 3 N–H and O–H groups in total. The van der Waals surface area contributed by atoms with Gasteiger partial charge in [-0.2, -0.15) is 0 Å². The lowest BCUT2D eigenvalue weighted by atomic mass is 9.86. The Morgan fingerprint density at radius 2 is 1.78 bits per heavy atom. The van der Waals surface area contributed by atoms with Crippen molar-refractivity contribution in [2.24, 2.45) is 5.92 Å². The van der Waals surface area contributed by atoms with Crippen molar-refractivity contribution in [2.45, 2.75) is 44.9 Å². The lowest BCUT2D eigenvalue weighted by Gasteiger charge is -2.22. The van der Waals surface area contributed by atoms with E-state index >= 15 is 0 Å². The molecule has 32 heavy (non-hydrogen) atoms. The quantitative estimate of drug-likeness (QED) is 0.513. The van der Waals surface area contributed by atoms with Gasteiger partial charge in [0.2, 0.25) is 5.91 Å². The number of amides is 1. The zero-order valence-electron chi connectivity index (χ0n) is 17.8. The Morgan fingerprint density at radius 3 is 2.50 bits per heavy atom. The van der Waals surface area contributed by atoms with E-state index in [1.807, 2.05) is 24.3 Å². The molecule has 0 unspecified atom stereocenters. The Morgan fingerprint density at radius 1 is 1.03 bits per heavy atom. The Hall–Kier alpha value is -3.35. The fourth-order valence-corrected chi connectivity index (χ4v) is 4.14. The van der Waals surface area contributed by atoms with Gasteiger partial charge in [0.25, 0.3) is 0 Å². The standard InChI is InChI=1S/C25H26F2N4O/c26-20-11-6-17(12-21(20)27)14-24(32)31-25-22(13-16-4-2-1-3-5-16)30-23(15-29-25)18-7-9-19(28)10-8-18/h6-12,15-16H,1-5,13-14,28H2,(H,29,31,32). The summed E-state index contributed by atoms with van der Waals surface area (Å²) in [5, 5.41) is 2.82. The van der Waals surface area contributed by atoms with Gasteiger partial charge < -0.3 is 11.1 Å². The normalized spacial score (nSPS) is 14.3. The molecule has 7 heteroatoms. The largest absolute Gasteiger partial charge is 0.399 e. The molecule has 1 saturated carbocycles. The van der Waals surface area contributed by atoms with Crippen molar-refractivity contribution < 1.29 is 13.6 Å². The number of nitrogens with zero attached hydrogens (tertiary/aromatic N) is 2. The number of benzene rings is 2. The van der Waals surface area contributed by atoms with E-state index in [9.17, 15) is 13.6 Å². The molecule has 2 aromatic carbocycles. The molecule has 0 bridgehead atoms. The van der Waals surface area contributed by atoms with Gasteiger partial charge in [-0.3, -0.25) is 4.79 Å². The predicted molar refractivity (Wildman–Crippen MR) is 121 cm³/mol. The van der Waals surface area contributed by atoms with E-state index in [2.05, 4.69) is 10.3 Å². The van der Waals surface area contributed by atoms with Crippen molar-refractivity contribution >= 4 is 17.4 Å². The maximum absolute atomic E-state index is 13.5. The van der Waals surface area contributed by atoms with Gasteiger partial charge in [-0.15, -0.1) is 0 Å². The highest BCUT2D eigenvalue weighted by molar-refractivity contribution is 5.92. The van der Waals surface area contributed by atoms with Crippen LogP contribution in [0.15, 0.2) is 48.7 Å². The number of halogens is 2. The van der Waals surface area contributed by atoms with Gasteiger partial charge in [0, 0.05) is 11.3 Å². The first-order valence-electron chi connectivity index (χ1n) is 10.9. The van der Waals surface area contributed by atoms with Crippen molar-refractivity contribution in [1.82, 2.24) is 9.97 Å². The van der Waals surface area contributed by atoms with Gasteiger partial charge in [0.15, 0.2) is 17.5 Å². The Kier molecular flexibility index (Phi) is 6.73.